The van der Waals surface area contributed by atoms with E-state index in [0.29, 0.717) is 12.1 Å². The lowest BCUT2D eigenvalue weighted by atomic mass is 10.1. The van der Waals surface area contributed by atoms with Gasteiger partial charge in [0.15, 0.2) is 6.61 Å². The molecule has 1 atom stereocenters. The summed E-state index contributed by atoms with van der Waals surface area (Å²) >= 11 is 0. The van der Waals surface area contributed by atoms with Gasteiger partial charge < -0.3 is 19.8 Å². The van der Waals surface area contributed by atoms with Gasteiger partial charge in [-0.1, -0.05) is 0 Å². The number of rotatable bonds is 7. The second-order valence-electron chi connectivity index (χ2n) is 7.06. The first-order chi connectivity index (χ1) is 13.8. The fourth-order valence-corrected chi connectivity index (χ4v) is 3.48. The summed E-state index contributed by atoms with van der Waals surface area (Å²) in [6.07, 6.45) is 2.17. The number of carbonyl (C=O) groups is 2. The topological polar surface area (TPSA) is 127 Å². The zero-order valence-electron chi connectivity index (χ0n) is 16.3. The van der Waals surface area contributed by atoms with Crippen molar-refractivity contribution < 1.29 is 24.0 Å². The van der Waals surface area contributed by atoms with E-state index in [-0.39, 0.29) is 28.8 Å². The molecule has 0 bridgehead atoms. The number of anilines is 1. The van der Waals surface area contributed by atoms with Crippen LogP contribution in [0.5, 0.6) is 0 Å². The Morgan fingerprint density at radius 1 is 1.34 bits per heavy atom. The number of nitrogens with zero attached hydrogens (tertiary/aromatic N) is 2. The Hall–Kier alpha value is -3.20. The lowest BCUT2D eigenvalue weighted by Gasteiger charge is -2.14. The fraction of sp³-hybridized carbons (Fsp3) is 0.400. The zero-order valence-corrected chi connectivity index (χ0v) is 16.3. The molecule has 0 spiro atoms. The fourth-order valence-electron chi connectivity index (χ4n) is 3.48. The predicted octanol–water partition coefficient (Wildman–Crippen LogP) is 2.81. The Balaban J connectivity index is 1.67. The molecule has 9 heteroatoms. The van der Waals surface area contributed by atoms with Gasteiger partial charge in [-0.3, -0.25) is 14.9 Å². The van der Waals surface area contributed by atoms with Crippen LogP contribution in [0.4, 0.5) is 11.4 Å². The van der Waals surface area contributed by atoms with E-state index in [9.17, 15) is 19.7 Å². The van der Waals surface area contributed by atoms with Crippen LogP contribution < -0.4 is 5.73 Å². The first-order valence-electron chi connectivity index (χ1n) is 9.30. The number of ether oxygens (including phenoxy) is 2. The molecule has 9 nitrogen and oxygen atoms in total. The number of nitro groups is 1. The van der Waals surface area contributed by atoms with Crippen molar-refractivity contribution in [2.45, 2.75) is 39.3 Å². The number of esters is 1. The van der Waals surface area contributed by atoms with Gasteiger partial charge in [-0.2, -0.15) is 0 Å². The highest BCUT2D eigenvalue weighted by atomic mass is 16.6. The summed E-state index contributed by atoms with van der Waals surface area (Å²) < 4.78 is 12.8. The monoisotopic (exact) mass is 401 g/mol. The lowest BCUT2D eigenvalue weighted by molar-refractivity contribution is -0.383. The quantitative estimate of drug-likeness (QED) is 0.248. The number of hydrogen-bond donors (Lipinski definition) is 1. The highest BCUT2D eigenvalue weighted by molar-refractivity contribution is 6.00. The summed E-state index contributed by atoms with van der Waals surface area (Å²) in [7, 11) is 0. The molecule has 1 aliphatic heterocycles. The molecular formula is C20H23N3O6. The predicted molar refractivity (Wildman–Crippen MR) is 105 cm³/mol. The van der Waals surface area contributed by atoms with E-state index in [1.165, 1.54) is 12.1 Å². The third-order valence-corrected chi connectivity index (χ3v) is 5.08. The molecule has 2 heterocycles. The molecule has 1 saturated heterocycles. The summed E-state index contributed by atoms with van der Waals surface area (Å²) in [5.41, 5.74) is 7.25. The van der Waals surface area contributed by atoms with Gasteiger partial charge in [-0.05, 0) is 44.9 Å². The molecule has 0 unspecified atom stereocenters. The average Bonchev–Trinajstić information content (AvgIpc) is 3.29. The van der Waals surface area contributed by atoms with Crippen LogP contribution in [-0.4, -0.2) is 40.6 Å². The zero-order chi connectivity index (χ0) is 21.1. The molecule has 2 aromatic rings. The third kappa shape index (κ3) is 4.45. The lowest BCUT2D eigenvalue weighted by Crippen LogP contribution is -2.18. The van der Waals surface area contributed by atoms with E-state index in [4.69, 9.17) is 15.2 Å². The Kier molecular flexibility index (Phi) is 5.97. The maximum Gasteiger partial charge on any atom is 0.338 e. The first-order valence-corrected chi connectivity index (χ1v) is 9.30. The highest BCUT2D eigenvalue weighted by Gasteiger charge is 2.22. The van der Waals surface area contributed by atoms with Crippen molar-refractivity contribution in [2.75, 3.05) is 18.9 Å². The van der Waals surface area contributed by atoms with Crippen LogP contribution in [0.3, 0.4) is 0 Å². The van der Waals surface area contributed by atoms with Gasteiger partial charge in [0, 0.05) is 36.2 Å². The van der Waals surface area contributed by atoms with Gasteiger partial charge in [0.05, 0.1) is 16.6 Å². The van der Waals surface area contributed by atoms with Crippen molar-refractivity contribution in [3.05, 3.63) is 56.9 Å². The van der Waals surface area contributed by atoms with Crippen LogP contribution in [0, 0.1) is 24.0 Å². The second kappa shape index (κ2) is 8.44. The maximum atomic E-state index is 12.6. The summed E-state index contributed by atoms with van der Waals surface area (Å²) in [5.74, 6) is -1.16. The number of hydrogen-bond acceptors (Lipinski definition) is 7. The minimum absolute atomic E-state index is 0.0393. The Bertz CT molecular complexity index is 959. The average molecular weight is 401 g/mol. The number of benzene rings is 1. The van der Waals surface area contributed by atoms with Gasteiger partial charge in [-0.15, -0.1) is 0 Å². The standard InChI is InChI=1S/C20H23N3O6/c1-12-8-16(13(2)22(12)10-15-4-3-7-28-15)19(24)11-29-20(25)14-5-6-17(21)18(9-14)23(26)27/h5-6,8-9,15H,3-4,7,10-11,21H2,1-2H3/t15-/m0/s1. The SMILES string of the molecule is Cc1cc(C(=O)COC(=O)c2ccc(N)c([N+](=O)[O-])c2)c(C)n1C[C@@H]1CCCO1. The third-order valence-electron chi connectivity index (χ3n) is 5.08. The van der Waals surface area contributed by atoms with Gasteiger partial charge in [0.25, 0.3) is 5.69 Å². The number of aryl methyl sites for hydroxylation is 1. The van der Waals surface area contributed by atoms with E-state index in [0.717, 1.165) is 36.9 Å². The van der Waals surface area contributed by atoms with Crippen LogP contribution in [0.25, 0.3) is 0 Å². The molecule has 1 aromatic heterocycles. The molecule has 1 fully saturated rings. The van der Waals surface area contributed by atoms with Crippen molar-refractivity contribution >= 4 is 23.1 Å². The number of ketones is 1. The number of carbonyl (C=O) groups excluding carboxylic acids is 2. The maximum absolute atomic E-state index is 12.6. The van der Waals surface area contributed by atoms with Crippen molar-refractivity contribution in [3.63, 3.8) is 0 Å². The van der Waals surface area contributed by atoms with E-state index < -0.39 is 17.5 Å². The Morgan fingerprint density at radius 2 is 2.10 bits per heavy atom. The van der Waals surface area contributed by atoms with Crippen molar-refractivity contribution in [1.82, 2.24) is 4.57 Å². The molecule has 2 N–H and O–H groups in total. The van der Waals surface area contributed by atoms with Crippen LogP contribution in [0.15, 0.2) is 24.3 Å². The minimum Gasteiger partial charge on any atom is -0.454 e. The van der Waals surface area contributed by atoms with E-state index >= 15 is 0 Å². The molecule has 0 aliphatic carbocycles. The normalized spacial score (nSPS) is 16.0. The van der Waals surface area contributed by atoms with Crippen LogP contribution in [0.1, 0.15) is 44.9 Å². The van der Waals surface area contributed by atoms with E-state index in [2.05, 4.69) is 0 Å². The van der Waals surface area contributed by atoms with Crippen LogP contribution in [-0.2, 0) is 16.0 Å². The van der Waals surface area contributed by atoms with Crippen molar-refractivity contribution in [2.24, 2.45) is 0 Å². The van der Waals surface area contributed by atoms with Gasteiger partial charge >= 0.3 is 5.97 Å². The second-order valence-corrected chi connectivity index (χ2v) is 7.06. The van der Waals surface area contributed by atoms with Crippen molar-refractivity contribution in [3.8, 4) is 0 Å². The molecular weight excluding hydrogens is 378 g/mol. The molecule has 3 rings (SSSR count). The van der Waals surface area contributed by atoms with E-state index in [1.54, 1.807) is 6.07 Å². The molecule has 1 aromatic carbocycles. The Morgan fingerprint density at radius 3 is 2.76 bits per heavy atom. The Labute approximate surface area is 167 Å². The number of nitrogen functional groups attached to an aromatic ring is 1. The number of aromatic nitrogens is 1. The van der Waals surface area contributed by atoms with E-state index in [1.807, 2.05) is 18.4 Å². The van der Waals surface area contributed by atoms with Crippen LogP contribution >= 0.6 is 0 Å². The number of nitro benzene ring substituents is 1. The number of nitrogens with two attached hydrogens (primary N) is 1. The molecule has 154 valence electrons. The first kappa shape index (κ1) is 20.5. The summed E-state index contributed by atoms with van der Waals surface area (Å²) in [4.78, 5) is 35.0. The van der Waals surface area contributed by atoms with Gasteiger partial charge in [-0.25, -0.2) is 4.79 Å². The van der Waals surface area contributed by atoms with Crippen molar-refractivity contribution in [1.29, 1.82) is 0 Å². The summed E-state index contributed by atoms with van der Waals surface area (Å²) in [6, 6.07) is 5.39. The molecule has 29 heavy (non-hydrogen) atoms. The van der Waals surface area contributed by atoms with Gasteiger partial charge in [0.2, 0.25) is 5.78 Å². The summed E-state index contributed by atoms with van der Waals surface area (Å²) in [6.45, 7) is 4.74. The number of Topliss-reactive ketones (excluding diaryl/α,β-unsaturated/α-hetero) is 1. The molecule has 0 saturated carbocycles. The molecule has 0 amide bonds. The largest absolute Gasteiger partial charge is 0.454 e. The molecule has 1 aliphatic rings. The smallest absolute Gasteiger partial charge is 0.338 e. The highest BCUT2D eigenvalue weighted by Crippen LogP contribution is 2.23. The molecule has 0 radical (unpaired) electrons. The minimum atomic E-state index is -0.824. The van der Waals surface area contributed by atoms with Gasteiger partial charge in [0.1, 0.15) is 5.69 Å². The summed E-state index contributed by atoms with van der Waals surface area (Å²) in [5, 5.41) is 11.0. The van der Waals surface area contributed by atoms with Crippen LogP contribution in [0.2, 0.25) is 0 Å².